The summed E-state index contributed by atoms with van der Waals surface area (Å²) < 4.78 is 5.51. The largest absolute Gasteiger partial charge is 0.371 e. The van der Waals surface area contributed by atoms with Gasteiger partial charge >= 0.3 is 6.03 Å². The average molecular weight is 383 g/mol. The van der Waals surface area contributed by atoms with Gasteiger partial charge in [-0.1, -0.05) is 50.2 Å². The highest BCUT2D eigenvalue weighted by molar-refractivity contribution is 5.94. The number of hydrogen-bond donors (Lipinski definition) is 1. The van der Waals surface area contributed by atoms with Crippen LogP contribution in [-0.4, -0.2) is 40.0 Å². The maximum atomic E-state index is 12.8. The zero-order chi connectivity index (χ0) is 20.6. The second-order valence-electron chi connectivity index (χ2n) is 7.96. The standard InChI is InChI=1S/C22H29N3O3/c1-7-11-24-17(8-2)20(26)25(21(24)27)19-13-18(23-28-19)22(5,6)16-10-9-14(3)15(4)12-16/h7,9-10,12-13,17,20,26H,1,8,11H2,2-6H3. The molecule has 0 spiro atoms. The Bertz CT molecular complexity index is 887. The molecule has 3 rings (SSSR count). The van der Waals surface area contributed by atoms with Crippen molar-refractivity contribution >= 4 is 11.9 Å². The molecule has 2 heterocycles. The highest BCUT2D eigenvalue weighted by atomic mass is 16.5. The number of rotatable bonds is 6. The number of aliphatic hydroxyl groups is 1. The van der Waals surface area contributed by atoms with E-state index in [-0.39, 0.29) is 18.0 Å². The highest BCUT2D eigenvalue weighted by Gasteiger charge is 2.46. The van der Waals surface area contributed by atoms with Crippen LogP contribution in [0, 0.1) is 13.8 Å². The van der Waals surface area contributed by atoms with Crippen LogP contribution in [0.2, 0.25) is 0 Å². The summed E-state index contributed by atoms with van der Waals surface area (Å²) in [5.41, 5.74) is 3.87. The van der Waals surface area contributed by atoms with Crippen LogP contribution in [-0.2, 0) is 5.41 Å². The fourth-order valence-corrected chi connectivity index (χ4v) is 3.69. The Labute approximate surface area is 166 Å². The summed E-state index contributed by atoms with van der Waals surface area (Å²) >= 11 is 0. The predicted octanol–water partition coefficient (Wildman–Crippen LogP) is 4.14. The van der Waals surface area contributed by atoms with Gasteiger partial charge in [0.1, 0.15) is 0 Å². The Morgan fingerprint density at radius 2 is 2.00 bits per heavy atom. The fraction of sp³-hybridized carbons (Fsp3) is 0.455. The van der Waals surface area contributed by atoms with Crippen LogP contribution < -0.4 is 4.90 Å². The second kappa shape index (κ2) is 7.43. The van der Waals surface area contributed by atoms with Crippen LogP contribution in [0.1, 0.15) is 49.6 Å². The molecule has 2 amide bonds. The van der Waals surface area contributed by atoms with Gasteiger partial charge in [0, 0.05) is 18.0 Å². The van der Waals surface area contributed by atoms with Crippen molar-refractivity contribution in [2.24, 2.45) is 0 Å². The van der Waals surface area contributed by atoms with E-state index >= 15 is 0 Å². The van der Waals surface area contributed by atoms with Gasteiger partial charge in [0.25, 0.3) is 0 Å². The normalized spacial score (nSPS) is 20.1. The van der Waals surface area contributed by atoms with Gasteiger partial charge < -0.3 is 14.5 Å². The number of amides is 2. The topological polar surface area (TPSA) is 69.8 Å². The molecule has 0 radical (unpaired) electrons. The van der Waals surface area contributed by atoms with E-state index in [2.05, 4.69) is 57.6 Å². The molecule has 0 bridgehead atoms. The third-order valence-electron chi connectivity index (χ3n) is 5.81. The molecule has 1 aromatic heterocycles. The molecule has 2 aromatic rings. The molecule has 6 heteroatoms. The van der Waals surface area contributed by atoms with Gasteiger partial charge in [-0.05, 0) is 37.0 Å². The number of carbonyl (C=O) groups is 1. The molecule has 1 aliphatic rings. The van der Waals surface area contributed by atoms with Crippen molar-refractivity contribution in [3.8, 4) is 0 Å². The van der Waals surface area contributed by atoms with Gasteiger partial charge in [-0.25, -0.2) is 9.69 Å². The maximum Gasteiger partial charge on any atom is 0.329 e. The summed E-state index contributed by atoms with van der Waals surface area (Å²) in [6, 6.07) is 7.47. The minimum Gasteiger partial charge on any atom is -0.371 e. The highest BCUT2D eigenvalue weighted by Crippen LogP contribution is 2.36. The molecule has 150 valence electrons. The van der Waals surface area contributed by atoms with Crippen molar-refractivity contribution in [3.05, 3.63) is 59.3 Å². The van der Waals surface area contributed by atoms with Crippen molar-refractivity contribution in [1.82, 2.24) is 10.1 Å². The SMILES string of the molecule is C=CCN1C(=O)N(c2cc(C(C)(C)c3ccc(C)c(C)c3)no2)C(O)C1CC. The lowest BCUT2D eigenvalue weighted by molar-refractivity contribution is 0.118. The Hall–Kier alpha value is -2.60. The number of aliphatic hydroxyl groups excluding tert-OH is 1. The molecule has 2 unspecified atom stereocenters. The van der Waals surface area contributed by atoms with E-state index in [1.165, 1.54) is 16.0 Å². The van der Waals surface area contributed by atoms with E-state index in [0.29, 0.717) is 18.7 Å². The number of hydrogen-bond acceptors (Lipinski definition) is 4. The van der Waals surface area contributed by atoms with Gasteiger partial charge in [0.05, 0.1) is 11.7 Å². The molecular formula is C22H29N3O3. The third kappa shape index (κ3) is 3.22. The van der Waals surface area contributed by atoms with Gasteiger partial charge in [0.15, 0.2) is 6.23 Å². The lowest BCUT2D eigenvalue weighted by Crippen LogP contribution is -2.36. The molecule has 2 atom stereocenters. The Kier molecular flexibility index (Phi) is 5.35. The number of benzene rings is 1. The van der Waals surface area contributed by atoms with Crippen LogP contribution in [0.5, 0.6) is 0 Å². The van der Waals surface area contributed by atoms with Crippen LogP contribution >= 0.6 is 0 Å². The van der Waals surface area contributed by atoms with Gasteiger partial charge in [-0.3, -0.25) is 0 Å². The van der Waals surface area contributed by atoms with Crippen LogP contribution in [0.15, 0.2) is 41.4 Å². The molecule has 1 fully saturated rings. The Morgan fingerprint density at radius 3 is 2.61 bits per heavy atom. The zero-order valence-corrected chi connectivity index (χ0v) is 17.3. The van der Waals surface area contributed by atoms with Crippen LogP contribution in [0.25, 0.3) is 0 Å². The minimum absolute atomic E-state index is 0.259. The number of nitrogens with zero attached hydrogens (tertiary/aromatic N) is 3. The molecule has 1 N–H and O–H groups in total. The number of aryl methyl sites for hydroxylation is 2. The first-order chi connectivity index (χ1) is 13.2. The number of urea groups is 1. The molecule has 28 heavy (non-hydrogen) atoms. The first-order valence-electron chi connectivity index (χ1n) is 9.66. The molecule has 6 nitrogen and oxygen atoms in total. The van der Waals surface area contributed by atoms with Gasteiger partial charge in [0.2, 0.25) is 5.88 Å². The van der Waals surface area contributed by atoms with Crippen LogP contribution in [0.3, 0.4) is 0 Å². The third-order valence-corrected chi connectivity index (χ3v) is 5.81. The summed E-state index contributed by atoms with van der Waals surface area (Å²) in [5, 5.41) is 14.9. The monoisotopic (exact) mass is 383 g/mol. The molecular weight excluding hydrogens is 354 g/mol. The fourth-order valence-electron chi connectivity index (χ4n) is 3.69. The summed E-state index contributed by atoms with van der Waals surface area (Å²) in [5.74, 6) is 0.259. The van der Waals surface area contributed by atoms with Crippen molar-refractivity contribution in [1.29, 1.82) is 0 Å². The van der Waals surface area contributed by atoms with E-state index in [0.717, 1.165) is 5.56 Å². The summed E-state index contributed by atoms with van der Waals surface area (Å²) in [7, 11) is 0. The Balaban J connectivity index is 1.94. The first kappa shape index (κ1) is 20.1. The first-order valence-corrected chi connectivity index (χ1v) is 9.66. The smallest absolute Gasteiger partial charge is 0.329 e. The predicted molar refractivity (Wildman–Crippen MR) is 109 cm³/mol. The molecule has 0 aliphatic carbocycles. The molecule has 1 aliphatic heterocycles. The van der Waals surface area contributed by atoms with E-state index in [9.17, 15) is 9.90 Å². The average Bonchev–Trinajstić information content (AvgIpc) is 3.22. The van der Waals surface area contributed by atoms with Crippen molar-refractivity contribution in [3.63, 3.8) is 0 Å². The van der Waals surface area contributed by atoms with Crippen molar-refractivity contribution < 1.29 is 14.4 Å². The molecule has 1 aromatic carbocycles. The quantitative estimate of drug-likeness (QED) is 0.761. The lowest BCUT2D eigenvalue weighted by Gasteiger charge is -2.23. The summed E-state index contributed by atoms with van der Waals surface area (Å²) in [6.45, 7) is 14.3. The number of anilines is 1. The van der Waals surface area contributed by atoms with Crippen LogP contribution in [0.4, 0.5) is 10.7 Å². The Morgan fingerprint density at radius 1 is 1.29 bits per heavy atom. The maximum absolute atomic E-state index is 12.8. The molecule has 0 saturated carbocycles. The van der Waals surface area contributed by atoms with E-state index in [1.54, 1.807) is 17.0 Å². The van der Waals surface area contributed by atoms with E-state index in [4.69, 9.17) is 4.52 Å². The minimum atomic E-state index is -0.983. The van der Waals surface area contributed by atoms with E-state index < -0.39 is 11.6 Å². The summed E-state index contributed by atoms with van der Waals surface area (Å²) in [4.78, 5) is 15.7. The van der Waals surface area contributed by atoms with Gasteiger partial charge in [-0.2, -0.15) is 0 Å². The van der Waals surface area contributed by atoms with E-state index in [1.807, 2.05) is 6.92 Å². The number of carbonyl (C=O) groups excluding carboxylic acids is 1. The number of aromatic nitrogens is 1. The molecule has 1 saturated heterocycles. The summed E-state index contributed by atoms with van der Waals surface area (Å²) in [6.07, 6.45) is 1.31. The van der Waals surface area contributed by atoms with Gasteiger partial charge in [-0.15, -0.1) is 6.58 Å². The second-order valence-corrected chi connectivity index (χ2v) is 7.96. The zero-order valence-electron chi connectivity index (χ0n) is 17.3. The lowest BCUT2D eigenvalue weighted by atomic mass is 9.80. The van der Waals surface area contributed by atoms with Crippen molar-refractivity contribution in [2.75, 3.05) is 11.4 Å². The van der Waals surface area contributed by atoms with Crippen molar-refractivity contribution in [2.45, 2.75) is 58.7 Å².